The molecule has 34 heavy (non-hydrogen) atoms. The van der Waals surface area contributed by atoms with Gasteiger partial charge in [0.2, 0.25) is 17.7 Å². The Hall–Kier alpha value is -2.19. The number of hydrogen-bond donors (Lipinski definition) is 1. The molecule has 3 aliphatic rings. The number of carbonyl (C=O) groups excluding carboxylic acids is 3. The number of aliphatic hydroxyl groups is 1. The lowest BCUT2D eigenvalue weighted by Gasteiger charge is -2.43. The third-order valence-electron chi connectivity index (χ3n) is 8.02. The molecule has 0 radical (unpaired) electrons. The van der Waals surface area contributed by atoms with Crippen molar-refractivity contribution in [2.24, 2.45) is 11.8 Å². The van der Waals surface area contributed by atoms with Gasteiger partial charge in [-0.2, -0.15) is 0 Å². The first kappa shape index (κ1) is 26.4. The van der Waals surface area contributed by atoms with Crippen molar-refractivity contribution in [3.05, 3.63) is 25.3 Å². The fourth-order valence-electron chi connectivity index (χ4n) is 6.37. The first-order chi connectivity index (χ1) is 15.9. The predicted molar refractivity (Wildman–Crippen MR) is 130 cm³/mol. The van der Waals surface area contributed by atoms with Crippen LogP contribution in [0, 0.1) is 11.8 Å². The smallest absolute Gasteiger partial charge is 0.249 e. The second-order valence-corrected chi connectivity index (χ2v) is 11.0. The topological polar surface area (TPSA) is 90.4 Å². The lowest BCUT2D eigenvalue weighted by atomic mass is 9.64. The fourth-order valence-corrected chi connectivity index (χ4v) is 6.37. The number of amides is 3. The molecule has 1 N–H and O–H groups in total. The first-order valence-corrected chi connectivity index (χ1v) is 12.3. The van der Waals surface area contributed by atoms with E-state index >= 15 is 0 Å². The quantitative estimate of drug-likeness (QED) is 0.515. The van der Waals surface area contributed by atoms with E-state index in [-0.39, 0.29) is 24.3 Å². The van der Waals surface area contributed by atoms with E-state index in [0.717, 1.165) is 0 Å². The summed E-state index contributed by atoms with van der Waals surface area (Å²) < 4.78 is 6.76. The Bertz CT molecular complexity index is 867. The highest BCUT2D eigenvalue weighted by atomic mass is 16.5. The average molecular weight is 476 g/mol. The molecule has 2 unspecified atom stereocenters. The minimum Gasteiger partial charge on any atom is -0.394 e. The molecule has 3 rings (SSSR count). The largest absolute Gasteiger partial charge is 0.394 e. The van der Waals surface area contributed by atoms with E-state index < -0.39 is 40.7 Å². The van der Waals surface area contributed by atoms with Crippen molar-refractivity contribution in [3.8, 4) is 0 Å². The second kappa shape index (κ2) is 9.11. The minimum absolute atomic E-state index is 0.162. The molecule has 8 nitrogen and oxygen atoms in total. The number of carbonyl (C=O) groups is 3. The van der Waals surface area contributed by atoms with Crippen molar-refractivity contribution in [3.63, 3.8) is 0 Å². The molecule has 8 heteroatoms. The van der Waals surface area contributed by atoms with E-state index in [4.69, 9.17) is 4.74 Å². The number of fused-ring (bicyclic) bond motifs is 1. The SMILES string of the molecule is C=CCN(C)C(=O)[C@@H]1[C@H]2C(=O)N([C@H](C)CO)C(C(=O)N(CC=C)C(C)(C)C)C23CC[C@@]1(CC)O3. The van der Waals surface area contributed by atoms with Gasteiger partial charge in [0.15, 0.2) is 0 Å². The Morgan fingerprint density at radius 1 is 1.24 bits per heavy atom. The molecule has 0 aromatic rings. The Morgan fingerprint density at radius 3 is 2.35 bits per heavy atom. The Balaban J connectivity index is 2.17. The van der Waals surface area contributed by atoms with Crippen LogP contribution in [0.4, 0.5) is 0 Å². The lowest BCUT2D eigenvalue weighted by molar-refractivity contribution is -0.159. The minimum atomic E-state index is -1.10. The van der Waals surface area contributed by atoms with Crippen molar-refractivity contribution in [2.75, 3.05) is 26.7 Å². The number of hydrogen-bond acceptors (Lipinski definition) is 5. The predicted octanol–water partition coefficient (Wildman–Crippen LogP) is 1.98. The van der Waals surface area contributed by atoms with Gasteiger partial charge in [-0.3, -0.25) is 14.4 Å². The molecule has 0 aliphatic carbocycles. The molecule has 0 saturated carbocycles. The maximum absolute atomic E-state index is 14.2. The maximum atomic E-state index is 14.2. The zero-order chi connectivity index (χ0) is 25.6. The summed E-state index contributed by atoms with van der Waals surface area (Å²) in [6, 6.07) is -1.50. The summed E-state index contributed by atoms with van der Waals surface area (Å²) in [5.41, 5.74) is -2.41. The summed E-state index contributed by atoms with van der Waals surface area (Å²) in [7, 11) is 1.70. The third kappa shape index (κ3) is 3.70. The number of likely N-dealkylation sites (N-methyl/N-ethyl adjacent to an activating group) is 1. The molecule has 1 spiro atoms. The third-order valence-corrected chi connectivity index (χ3v) is 8.02. The molecule has 2 bridgehead atoms. The molecule has 3 heterocycles. The fraction of sp³-hybridized carbons (Fsp3) is 0.731. The monoisotopic (exact) mass is 475 g/mol. The number of ether oxygens (including phenoxy) is 1. The summed E-state index contributed by atoms with van der Waals surface area (Å²) >= 11 is 0. The maximum Gasteiger partial charge on any atom is 0.249 e. The summed E-state index contributed by atoms with van der Waals surface area (Å²) in [6.45, 7) is 17.5. The molecule has 3 aliphatic heterocycles. The molecule has 190 valence electrons. The van der Waals surface area contributed by atoms with Crippen LogP contribution in [0.15, 0.2) is 25.3 Å². The van der Waals surface area contributed by atoms with Crippen LogP contribution in [0.3, 0.4) is 0 Å². The van der Waals surface area contributed by atoms with Crippen LogP contribution in [0.25, 0.3) is 0 Å². The van der Waals surface area contributed by atoms with Gasteiger partial charge in [0, 0.05) is 25.7 Å². The highest BCUT2D eigenvalue weighted by molar-refractivity contribution is 5.99. The van der Waals surface area contributed by atoms with Crippen LogP contribution in [0.1, 0.15) is 53.9 Å². The molecule has 0 aromatic heterocycles. The van der Waals surface area contributed by atoms with Crippen LogP contribution in [-0.4, -0.2) is 93.1 Å². The van der Waals surface area contributed by atoms with Crippen LogP contribution < -0.4 is 0 Å². The van der Waals surface area contributed by atoms with E-state index in [1.54, 1.807) is 35.9 Å². The summed E-state index contributed by atoms with van der Waals surface area (Å²) in [6.07, 6.45) is 5.02. The van der Waals surface area contributed by atoms with Crippen molar-refractivity contribution >= 4 is 17.7 Å². The zero-order valence-corrected chi connectivity index (χ0v) is 21.5. The molecular weight excluding hydrogens is 434 g/mol. The normalized spacial score (nSPS) is 33.0. The van der Waals surface area contributed by atoms with Gasteiger partial charge in [-0.15, -0.1) is 13.2 Å². The van der Waals surface area contributed by atoms with E-state index in [1.807, 2.05) is 27.7 Å². The van der Waals surface area contributed by atoms with Gasteiger partial charge in [-0.25, -0.2) is 0 Å². The van der Waals surface area contributed by atoms with Gasteiger partial charge < -0.3 is 24.5 Å². The number of aliphatic hydroxyl groups excluding tert-OH is 1. The molecule has 6 atom stereocenters. The van der Waals surface area contributed by atoms with Gasteiger partial charge in [-0.05, 0) is 47.0 Å². The highest BCUT2D eigenvalue weighted by Gasteiger charge is 2.79. The van der Waals surface area contributed by atoms with Gasteiger partial charge in [0.25, 0.3) is 0 Å². The van der Waals surface area contributed by atoms with E-state index in [1.165, 1.54) is 4.90 Å². The Morgan fingerprint density at radius 2 is 1.85 bits per heavy atom. The van der Waals surface area contributed by atoms with E-state index in [0.29, 0.717) is 32.4 Å². The van der Waals surface area contributed by atoms with Gasteiger partial charge in [-0.1, -0.05) is 19.1 Å². The van der Waals surface area contributed by atoms with Crippen molar-refractivity contribution in [2.45, 2.75) is 82.7 Å². The van der Waals surface area contributed by atoms with Gasteiger partial charge in [0.05, 0.1) is 30.1 Å². The van der Waals surface area contributed by atoms with Crippen LogP contribution >= 0.6 is 0 Å². The first-order valence-electron chi connectivity index (χ1n) is 12.3. The van der Waals surface area contributed by atoms with Crippen LogP contribution in [0.2, 0.25) is 0 Å². The molecule has 3 fully saturated rings. The number of nitrogens with zero attached hydrogens (tertiary/aromatic N) is 3. The molecule has 0 aromatic carbocycles. The summed E-state index contributed by atoms with van der Waals surface area (Å²) in [4.78, 5) is 46.7. The molecular formula is C26H41N3O5. The standard InChI is InChI=1S/C26H41N3O5/c1-9-14-27(8)21(31)18-19-22(32)29(17(4)16-30)20(23(33)28(15-10-2)24(5,6)7)26(19)13-12-25(18,11-3)34-26/h9-10,17-20,30H,1-2,11-16H2,3-8H3/t17-,18+,19+,20?,25-,26?/m1/s1. The Labute approximate surface area is 203 Å². The number of likely N-dealkylation sites (tertiary alicyclic amines) is 1. The van der Waals surface area contributed by atoms with Gasteiger partial charge in [0.1, 0.15) is 11.6 Å². The van der Waals surface area contributed by atoms with Gasteiger partial charge >= 0.3 is 0 Å². The zero-order valence-electron chi connectivity index (χ0n) is 21.5. The summed E-state index contributed by atoms with van der Waals surface area (Å²) in [5.74, 6) is -2.13. The molecule has 3 saturated heterocycles. The van der Waals surface area contributed by atoms with E-state index in [9.17, 15) is 19.5 Å². The average Bonchev–Trinajstić information content (AvgIpc) is 3.39. The van der Waals surface area contributed by atoms with Crippen molar-refractivity contribution in [1.82, 2.24) is 14.7 Å². The molecule has 3 amide bonds. The highest BCUT2D eigenvalue weighted by Crippen LogP contribution is 2.65. The van der Waals surface area contributed by atoms with Crippen molar-refractivity contribution < 1.29 is 24.2 Å². The second-order valence-electron chi connectivity index (χ2n) is 11.0. The van der Waals surface area contributed by atoms with E-state index in [2.05, 4.69) is 13.2 Å². The van der Waals surface area contributed by atoms with Crippen molar-refractivity contribution in [1.29, 1.82) is 0 Å². The lowest BCUT2D eigenvalue weighted by Crippen LogP contribution is -2.61. The summed E-state index contributed by atoms with van der Waals surface area (Å²) in [5, 5.41) is 10.0. The number of rotatable bonds is 9. The Kier molecular flexibility index (Phi) is 7.08. The van der Waals surface area contributed by atoms with Crippen LogP contribution in [-0.2, 0) is 19.1 Å². The van der Waals surface area contributed by atoms with Crippen LogP contribution in [0.5, 0.6) is 0 Å².